The van der Waals surface area contributed by atoms with Crippen molar-refractivity contribution in [3.63, 3.8) is 0 Å². The summed E-state index contributed by atoms with van der Waals surface area (Å²) in [6, 6.07) is 0. The van der Waals surface area contributed by atoms with Crippen molar-refractivity contribution in [2.45, 2.75) is 45.6 Å². The highest BCUT2D eigenvalue weighted by Crippen LogP contribution is 2.28. The topological polar surface area (TPSA) is 57.5 Å². The molecule has 1 aliphatic carbocycles. The Morgan fingerprint density at radius 3 is 2.40 bits per heavy atom. The third-order valence-corrected chi connectivity index (χ3v) is 2.56. The third kappa shape index (κ3) is 2.48. The number of allylic oxidation sites excluding steroid dienone is 2. The minimum absolute atomic E-state index is 0.146. The summed E-state index contributed by atoms with van der Waals surface area (Å²) in [5, 5.41) is 19.1. The number of rotatable bonds is 4. The standard InChI is InChI=1S/C12H18O3/c1-3-5-8-7-10(13)12(15)11(14)9(8)6-4-2/h7,12,14-15H,3-6H2,1-2H3. The van der Waals surface area contributed by atoms with Gasteiger partial charge in [0.2, 0.25) is 0 Å². The maximum atomic E-state index is 11.3. The van der Waals surface area contributed by atoms with Crippen LogP contribution in [0.4, 0.5) is 0 Å². The summed E-state index contributed by atoms with van der Waals surface area (Å²) in [7, 11) is 0. The monoisotopic (exact) mass is 210 g/mol. The molecule has 3 nitrogen and oxygen atoms in total. The first-order chi connectivity index (χ1) is 7.11. The van der Waals surface area contributed by atoms with E-state index in [9.17, 15) is 15.0 Å². The van der Waals surface area contributed by atoms with Crippen molar-refractivity contribution in [3.05, 3.63) is 23.0 Å². The molecule has 0 amide bonds. The number of aliphatic hydroxyl groups is 2. The average molecular weight is 210 g/mol. The molecule has 84 valence electrons. The van der Waals surface area contributed by atoms with Crippen LogP contribution in [0.15, 0.2) is 23.0 Å². The van der Waals surface area contributed by atoms with Gasteiger partial charge in [0.15, 0.2) is 11.9 Å². The Kier molecular flexibility index (Phi) is 4.09. The maximum Gasteiger partial charge on any atom is 0.192 e. The van der Waals surface area contributed by atoms with E-state index in [-0.39, 0.29) is 5.76 Å². The number of ketones is 1. The molecule has 15 heavy (non-hydrogen) atoms. The Labute approximate surface area is 90.1 Å². The largest absolute Gasteiger partial charge is 0.509 e. The van der Waals surface area contributed by atoms with Crippen LogP contribution in [0.3, 0.4) is 0 Å². The zero-order valence-electron chi connectivity index (χ0n) is 9.29. The van der Waals surface area contributed by atoms with Crippen molar-refractivity contribution >= 4 is 5.78 Å². The van der Waals surface area contributed by atoms with E-state index in [1.165, 1.54) is 6.08 Å². The number of hydrogen-bond donors (Lipinski definition) is 2. The van der Waals surface area contributed by atoms with Crippen LogP contribution in [0.25, 0.3) is 0 Å². The highest BCUT2D eigenvalue weighted by Gasteiger charge is 2.27. The van der Waals surface area contributed by atoms with Gasteiger partial charge in [-0.1, -0.05) is 26.7 Å². The molecule has 0 heterocycles. The molecule has 0 aromatic rings. The van der Waals surface area contributed by atoms with Gasteiger partial charge in [-0.3, -0.25) is 4.79 Å². The summed E-state index contributed by atoms with van der Waals surface area (Å²) >= 11 is 0. The molecule has 0 aliphatic heterocycles. The van der Waals surface area contributed by atoms with E-state index in [0.717, 1.165) is 30.4 Å². The molecule has 0 radical (unpaired) electrons. The molecule has 0 fully saturated rings. The fraction of sp³-hybridized carbons (Fsp3) is 0.583. The molecular weight excluding hydrogens is 192 g/mol. The Hall–Kier alpha value is -1.09. The molecule has 0 spiro atoms. The van der Waals surface area contributed by atoms with E-state index in [2.05, 4.69) is 0 Å². The van der Waals surface area contributed by atoms with Crippen molar-refractivity contribution < 1.29 is 15.0 Å². The first kappa shape index (κ1) is 12.0. The number of carbonyl (C=O) groups is 1. The average Bonchev–Trinajstić information content (AvgIpc) is 2.21. The summed E-state index contributed by atoms with van der Waals surface area (Å²) < 4.78 is 0. The van der Waals surface area contributed by atoms with Crippen LogP contribution < -0.4 is 0 Å². The lowest BCUT2D eigenvalue weighted by Gasteiger charge is -2.21. The second-order valence-electron chi connectivity index (χ2n) is 3.84. The summed E-state index contributed by atoms with van der Waals surface area (Å²) in [6.07, 6.45) is 3.43. The third-order valence-electron chi connectivity index (χ3n) is 2.56. The summed E-state index contributed by atoms with van der Waals surface area (Å²) in [5.74, 6) is -0.552. The molecule has 0 saturated carbocycles. The normalized spacial score (nSPS) is 21.9. The zero-order chi connectivity index (χ0) is 11.4. The minimum Gasteiger partial charge on any atom is -0.509 e. The van der Waals surface area contributed by atoms with Crippen LogP contribution in [0.2, 0.25) is 0 Å². The van der Waals surface area contributed by atoms with Gasteiger partial charge in [0.05, 0.1) is 0 Å². The fourth-order valence-corrected chi connectivity index (χ4v) is 1.83. The summed E-state index contributed by atoms with van der Waals surface area (Å²) in [6.45, 7) is 4.03. The lowest BCUT2D eigenvalue weighted by Crippen LogP contribution is -2.26. The van der Waals surface area contributed by atoms with Gasteiger partial charge in [-0.15, -0.1) is 0 Å². The van der Waals surface area contributed by atoms with Gasteiger partial charge in [-0.2, -0.15) is 0 Å². The number of carbonyl (C=O) groups excluding carboxylic acids is 1. The molecule has 0 saturated heterocycles. The van der Waals surface area contributed by atoms with Gasteiger partial charge in [0.25, 0.3) is 0 Å². The van der Waals surface area contributed by atoms with Crippen molar-refractivity contribution in [3.8, 4) is 0 Å². The van der Waals surface area contributed by atoms with Gasteiger partial charge in [-0.25, -0.2) is 0 Å². The van der Waals surface area contributed by atoms with Crippen molar-refractivity contribution in [1.82, 2.24) is 0 Å². The lowest BCUT2D eigenvalue weighted by molar-refractivity contribution is -0.122. The minimum atomic E-state index is -1.34. The van der Waals surface area contributed by atoms with E-state index in [1.807, 2.05) is 13.8 Å². The predicted molar refractivity (Wildman–Crippen MR) is 58.6 cm³/mol. The quantitative estimate of drug-likeness (QED) is 0.748. The maximum absolute atomic E-state index is 11.3. The molecular formula is C12H18O3. The molecule has 1 atom stereocenters. The number of hydrogen-bond acceptors (Lipinski definition) is 3. The van der Waals surface area contributed by atoms with Crippen LogP contribution in [0.5, 0.6) is 0 Å². The molecule has 1 aliphatic rings. The van der Waals surface area contributed by atoms with Crippen LogP contribution >= 0.6 is 0 Å². The van der Waals surface area contributed by atoms with E-state index in [4.69, 9.17) is 0 Å². The summed E-state index contributed by atoms with van der Waals surface area (Å²) in [4.78, 5) is 11.3. The van der Waals surface area contributed by atoms with E-state index in [0.29, 0.717) is 6.42 Å². The predicted octanol–water partition coefficient (Wildman–Crippen LogP) is 2.27. The Balaban J connectivity index is 3.01. The molecule has 2 N–H and O–H groups in total. The van der Waals surface area contributed by atoms with E-state index in [1.54, 1.807) is 0 Å². The second-order valence-corrected chi connectivity index (χ2v) is 3.84. The van der Waals surface area contributed by atoms with Gasteiger partial charge >= 0.3 is 0 Å². The van der Waals surface area contributed by atoms with Gasteiger partial charge in [-0.05, 0) is 30.1 Å². The Morgan fingerprint density at radius 2 is 1.87 bits per heavy atom. The van der Waals surface area contributed by atoms with Gasteiger partial charge in [0, 0.05) is 0 Å². The van der Waals surface area contributed by atoms with Gasteiger partial charge < -0.3 is 10.2 Å². The molecule has 1 unspecified atom stereocenters. The van der Waals surface area contributed by atoms with Crippen LogP contribution in [-0.2, 0) is 4.79 Å². The van der Waals surface area contributed by atoms with Crippen molar-refractivity contribution in [2.24, 2.45) is 0 Å². The fourth-order valence-electron chi connectivity index (χ4n) is 1.83. The lowest BCUT2D eigenvalue weighted by atomic mass is 9.88. The molecule has 0 aromatic heterocycles. The first-order valence-corrected chi connectivity index (χ1v) is 5.46. The van der Waals surface area contributed by atoms with E-state index >= 15 is 0 Å². The SMILES string of the molecule is CCCC1=CC(=O)C(O)C(O)=C1CCC. The smallest absolute Gasteiger partial charge is 0.192 e. The van der Waals surface area contributed by atoms with Crippen molar-refractivity contribution in [1.29, 1.82) is 0 Å². The second kappa shape index (κ2) is 5.12. The molecule has 3 heteroatoms. The Bertz CT molecular complexity index is 313. The Morgan fingerprint density at radius 1 is 1.27 bits per heavy atom. The highest BCUT2D eigenvalue weighted by atomic mass is 16.3. The highest BCUT2D eigenvalue weighted by molar-refractivity contribution is 5.98. The van der Waals surface area contributed by atoms with Crippen LogP contribution in [0, 0.1) is 0 Å². The zero-order valence-corrected chi connectivity index (χ0v) is 9.29. The van der Waals surface area contributed by atoms with Crippen LogP contribution in [-0.4, -0.2) is 22.1 Å². The van der Waals surface area contributed by atoms with Crippen molar-refractivity contribution in [2.75, 3.05) is 0 Å². The van der Waals surface area contributed by atoms with Gasteiger partial charge in [0.1, 0.15) is 5.76 Å². The summed E-state index contributed by atoms with van der Waals surface area (Å²) in [5.41, 5.74) is 1.64. The van der Waals surface area contributed by atoms with Crippen LogP contribution in [0.1, 0.15) is 39.5 Å². The molecule has 1 rings (SSSR count). The van der Waals surface area contributed by atoms with E-state index < -0.39 is 11.9 Å². The molecule has 0 aromatic carbocycles. The molecule has 0 bridgehead atoms. The number of aliphatic hydroxyl groups excluding tert-OH is 2. The first-order valence-electron chi connectivity index (χ1n) is 5.46.